The maximum absolute atomic E-state index is 12.6. The van der Waals surface area contributed by atoms with Gasteiger partial charge in [0.25, 0.3) is 5.91 Å². The SMILES string of the molecule is Cc1ccc(O[C@@H](C)C(=O)Nc2c(C)cccc2C(C)C)cc1C. The second-order valence-electron chi connectivity index (χ2n) is 6.69. The van der Waals surface area contributed by atoms with Crippen LogP contribution in [0.25, 0.3) is 0 Å². The lowest BCUT2D eigenvalue weighted by atomic mass is 9.98. The van der Waals surface area contributed by atoms with Crippen LogP contribution in [0.3, 0.4) is 0 Å². The predicted molar refractivity (Wildman–Crippen MR) is 99.9 cm³/mol. The molecule has 0 spiro atoms. The van der Waals surface area contributed by atoms with Gasteiger partial charge >= 0.3 is 0 Å². The lowest BCUT2D eigenvalue weighted by Gasteiger charge is -2.19. The molecule has 0 heterocycles. The Morgan fingerprint density at radius 1 is 0.958 bits per heavy atom. The van der Waals surface area contributed by atoms with Gasteiger partial charge in [-0.1, -0.05) is 38.1 Å². The van der Waals surface area contributed by atoms with Crippen LogP contribution < -0.4 is 10.1 Å². The quantitative estimate of drug-likeness (QED) is 0.826. The van der Waals surface area contributed by atoms with Gasteiger partial charge in [0, 0.05) is 5.69 Å². The van der Waals surface area contributed by atoms with E-state index < -0.39 is 6.10 Å². The number of aryl methyl sites for hydroxylation is 3. The Balaban J connectivity index is 2.13. The topological polar surface area (TPSA) is 38.3 Å². The summed E-state index contributed by atoms with van der Waals surface area (Å²) in [4.78, 5) is 12.6. The molecular weight excluding hydrogens is 298 g/mol. The molecule has 0 saturated carbocycles. The first-order valence-corrected chi connectivity index (χ1v) is 8.44. The van der Waals surface area contributed by atoms with E-state index in [-0.39, 0.29) is 5.91 Å². The Bertz CT molecular complexity index is 735. The summed E-state index contributed by atoms with van der Waals surface area (Å²) in [5, 5.41) is 3.04. The summed E-state index contributed by atoms with van der Waals surface area (Å²) in [5.41, 5.74) is 5.46. The molecule has 0 aromatic heterocycles. The van der Waals surface area contributed by atoms with Crippen LogP contribution in [0, 0.1) is 20.8 Å². The zero-order chi connectivity index (χ0) is 17.9. The molecule has 0 bridgehead atoms. The Morgan fingerprint density at radius 3 is 2.29 bits per heavy atom. The molecule has 3 nitrogen and oxygen atoms in total. The summed E-state index contributed by atoms with van der Waals surface area (Å²) >= 11 is 0. The lowest BCUT2D eigenvalue weighted by Crippen LogP contribution is -2.30. The standard InChI is InChI=1S/C21H27NO2/c1-13(2)19-9-7-8-15(4)20(19)22-21(23)17(6)24-18-11-10-14(3)16(5)12-18/h7-13,17H,1-6H3,(H,22,23)/t17-/m0/s1. The van der Waals surface area contributed by atoms with Crippen molar-refractivity contribution >= 4 is 11.6 Å². The van der Waals surface area contributed by atoms with Crippen molar-refractivity contribution in [3.05, 3.63) is 58.7 Å². The second kappa shape index (κ2) is 7.52. The molecule has 0 unspecified atom stereocenters. The maximum Gasteiger partial charge on any atom is 0.265 e. The number of anilines is 1. The number of hydrogen-bond acceptors (Lipinski definition) is 2. The maximum atomic E-state index is 12.6. The minimum Gasteiger partial charge on any atom is -0.481 e. The van der Waals surface area contributed by atoms with Crippen molar-refractivity contribution < 1.29 is 9.53 Å². The Hall–Kier alpha value is -2.29. The van der Waals surface area contributed by atoms with E-state index in [4.69, 9.17) is 4.74 Å². The van der Waals surface area contributed by atoms with Crippen molar-refractivity contribution in [3.63, 3.8) is 0 Å². The van der Waals surface area contributed by atoms with Gasteiger partial charge in [-0.15, -0.1) is 0 Å². The van der Waals surface area contributed by atoms with E-state index in [0.717, 1.165) is 28.1 Å². The first-order valence-electron chi connectivity index (χ1n) is 8.44. The summed E-state index contributed by atoms with van der Waals surface area (Å²) in [5.74, 6) is 0.926. The summed E-state index contributed by atoms with van der Waals surface area (Å²) in [6, 6.07) is 12.0. The second-order valence-corrected chi connectivity index (χ2v) is 6.69. The zero-order valence-corrected chi connectivity index (χ0v) is 15.4. The van der Waals surface area contributed by atoms with Gasteiger partial charge in [0.1, 0.15) is 5.75 Å². The van der Waals surface area contributed by atoms with Crippen LogP contribution >= 0.6 is 0 Å². The highest BCUT2D eigenvalue weighted by Gasteiger charge is 2.18. The minimum atomic E-state index is -0.563. The highest BCUT2D eigenvalue weighted by atomic mass is 16.5. The molecule has 0 saturated heterocycles. The number of nitrogens with one attached hydrogen (secondary N) is 1. The van der Waals surface area contributed by atoms with Crippen molar-refractivity contribution in [1.82, 2.24) is 0 Å². The van der Waals surface area contributed by atoms with Gasteiger partial charge < -0.3 is 10.1 Å². The number of para-hydroxylation sites is 1. The van der Waals surface area contributed by atoms with E-state index in [1.165, 1.54) is 5.56 Å². The van der Waals surface area contributed by atoms with E-state index in [1.807, 2.05) is 44.2 Å². The molecule has 2 aromatic rings. The van der Waals surface area contributed by atoms with Crippen LogP contribution in [0.15, 0.2) is 36.4 Å². The first-order chi connectivity index (χ1) is 11.3. The van der Waals surface area contributed by atoms with Crippen LogP contribution in [0.4, 0.5) is 5.69 Å². The summed E-state index contributed by atoms with van der Waals surface area (Å²) in [6.07, 6.45) is -0.563. The van der Waals surface area contributed by atoms with E-state index >= 15 is 0 Å². The van der Waals surface area contributed by atoms with Gasteiger partial charge in [-0.3, -0.25) is 4.79 Å². The minimum absolute atomic E-state index is 0.135. The number of amides is 1. The van der Waals surface area contributed by atoms with Gasteiger partial charge in [0.15, 0.2) is 6.10 Å². The number of hydrogen-bond donors (Lipinski definition) is 1. The van der Waals surface area contributed by atoms with Gasteiger partial charge in [-0.2, -0.15) is 0 Å². The molecule has 24 heavy (non-hydrogen) atoms. The third kappa shape index (κ3) is 4.16. The molecule has 0 radical (unpaired) electrons. The molecule has 1 atom stereocenters. The van der Waals surface area contributed by atoms with Gasteiger partial charge in [-0.05, 0) is 68.0 Å². The fourth-order valence-corrected chi connectivity index (χ4v) is 2.61. The van der Waals surface area contributed by atoms with E-state index in [9.17, 15) is 4.79 Å². The van der Waals surface area contributed by atoms with Crippen LogP contribution in [-0.4, -0.2) is 12.0 Å². The Labute approximate surface area is 145 Å². The van der Waals surface area contributed by atoms with Crippen molar-refractivity contribution in [2.24, 2.45) is 0 Å². The fraction of sp³-hybridized carbons (Fsp3) is 0.381. The Kier molecular flexibility index (Phi) is 5.66. The summed E-state index contributed by atoms with van der Waals surface area (Å²) in [7, 11) is 0. The number of carbonyl (C=O) groups excluding carboxylic acids is 1. The van der Waals surface area contributed by atoms with Crippen molar-refractivity contribution in [2.45, 2.75) is 53.6 Å². The largest absolute Gasteiger partial charge is 0.481 e. The average molecular weight is 325 g/mol. The number of carbonyl (C=O) groups is 1. The number of rotatable bonds is 5. The summed E-state index contributed by atoms with van der Waals surface area (Å²) < 4.78 is 5.81. The van der Waals surface area contributed by atoms with Gasteiger partial charge in [0.05, 0.1) is 0 Å². The van der Waals surface area contributed by atoms with Crippen molar-refractivity contribution in [2.75, 3.05) is 5.32 Å². The predicted octanol–water partition coefficient (Wildman–Crippen LogP) is 5.14. The zero-order valence-electron chi connectivity index (χ0n) is 15.4. The fourth-order valence-electron chi connectivity index (χ4n) is 2.61. The molecule has 3 heteroatoms. The Morgan fingerprint density at radius 2 is 1.67 bits per heavy atom. The molecule has 0 aliphatic carbocycles. The van der Waals surface area contributed by atoms with Gasteiger partial charge in [0.2, 0.25) is 0 Å². The van der Waals surface area contributed by atoms with Crippen molar-refractivity contribution in [1.29, 1.82) is 0 Å². The normalized spacial score (nSPS) is 12.1. The molecule has 0 fully saturated rings. The van der Waals surface area contributed by atoms with Gasteiger partial charge in [-0.25, -0.2) is 0 Å². The molecule has 0 aliphatic rings. The molecule has 1 amide bonds. The van der Waals surface area contributed by atoms with E-state index in [2.05, 4.69) is 32.2 Å². The lowest BCUT2D eigenvalue weighted by molar-refractivity contribution is -0.122. The van der Waals surface area contributed by atoms with Crippen LogP contribution in [0.2, 0.25) is 0 Å². The van der Waals surface area contributed by atoms with Crippen LogP contribution in [0.5, 0.6) is 5.75 Å². The highest BCUT2D eigenvalue weighted by Crippen LogP contribution is 2.27. The average Bonchev–Trinajstić information content (AvgIpc) is 2.52. The van der Waals surface area contributed by atoms with Crippen LogP contribution in [-0.2, 0) is 4.79 Å². The first kappa shape index (κ1) is 18.1. The third-order valence-corrected chi connectivity index (χ3v) is 4.34. The van der Waals surface area contributed by atoms with E-state index in [1.54, 1.807) is 6.92 Å². The van der Waals surface area contributed by atoms with Crippen LogP contribution in [0.1, 0.15) is 48.9 Å². The smallest absolute Gasteiger partial charge is 0.265 e. The van der Waals surface area contributed by atoms with Crippen molar-refractivity contribution in [3.8, 4) is 5.75 Å². The molecule has 128 valence electrons. The number of ether oxygens (including phenoxy) is 1. The van der Waals surface area contributed by atoms with E-state index in [0.29, 0.717) is 5.92 Å². The third-order valence-electron chi connectivity index (χ3n) is 4.34. The molecule has 2 aromatic carbocycles. The number of benzene rings is 2. The highest BCUT2D eigenvalue weighted by molar-refractivity contribution is 5.95. The monoisotopic (exact) mass is 325 g/mol. The molecule has 1 N–H and O–H groups in total. The molecule has 0 aliphatic heterocycles. The molecular formula is C21H27NO2. The summed E-state index contributed by atoms with van der Waals surface area (Å²) in [6.45, 7) is 12.1. The molecule has 2 rings (SSSR count).